The van der Waals surface area contributed by atoms with Crippen LogP contribution in [0.1, 0.15) is 67.3 Å². The lowest BCUT2D eigenvalue weighted by Crippen LogP contribution is -2.36. The molecule has 1 atom stereocenters. The van der Waals surface area contributed by atoms with Gasteiger partial charge in [0.1, 0.15) is 17.2 Å². The van der Waals surface area contributed by atoms with E-state index in [-0.39, 0.29) is 30.1 Å². The van der Waals surface area contributed by atoms with Crippen molar-refractivity contribution in [3.05, 3.63) is 77.9 Å². The molecule has 0 radical (unpaired) electrons. The first-order valence-corrected chi connectivity index (χ1v) is 15.6. The summed E-state index contributed by atoms with van der Waals surface area (Å²) in [6.45, 7) is 0.367. The maximum atomic E-state index is 13.7. The molecule has 246 valence electrons. The molecule has 4 rings (SSSR count). The number of rotatable bonds is 16. The van der Waals surface area contributed by atoms with Crippen LogP contribution in [0.15, 0.2) is 66.7 Å². The summed E-state index contributed by atoms with van der Waals surface area (Å²) in [5.74, 6) is -6.47. The molecule has 0 saturated heterocycles. The molecular formula is C34H33F5O6S. The van der Waals surface area contributed by atoms with E-state index in [0.717, 1.165) is 10.3 Å². The molecule has 6 nitrogen and oxygen atoms in total. The highest BCUT2D eigenvalue weighted by molar-refractivity contribution is 7.22. The van der Waals surface area contributed by atoms with Crippen LogP contribution in [0.4, 0.5) is 22.0 Å². The fourth-order valence-corrected chi connectivity index (χ4v) is 6.35. The van der Waals surface area contributed by atoms with Crippen molar-refractivity contribution < 1.29 is 51.6 Å². The van der Waals surface area contributed by atoms with E-state index in [4.69, 9.17) is 4.74 Å². The van der Waals surface area contributed by atoms with Crippen LogP contribution in [0.25, 0.3) is 20.5 Å². The minimum absolute atomic E-state index is 0.0870. The second kappa shape index (κ2) is 14.9. The molecule has 46 heavy (non-hydrogen) atoms. The van der Waals surface area contributed by atoms with Crippen molar-refractivity contribution in [2.45, 2.75) is 63.5 Å². The molecule has 0 spiro atoms. The summed E-state index contributed by atoms with van der Waals surface area (Å²) in [6, 6.07) is 18.1. The zero-order valence-corrected chi connectivity index (χ0v) is 25.5. The number of carboxylic acids is 1. The number of ketones is 1. The summed E-state index contributed by atoms with van der Waals surface area (Å²) in [5.41, 5.74) is 1.69. The van der Waals surface area contributed by atoms with Crippen LogP contribution >= 0.6 is 11.3 Å². The Labute approximate surface area is 266 Å². The SMILES string of the molecule is O=C(c1ccc(OCCCCCCC(CCCC(F)(F)C(F)(F)F)C(=O)O)cc1)c1c(-c2ccc(O)cc2)sc2cc(O)ccc12. The van der Waals surface area contributed by atoms with Gasteiger partial charge in [0.2, 0.25) is 0 Å². The lowest BCUT2D eigenvalue weighted by atomic mass is 9.94. The monoisotopic (exact) mass is 664 g/mol. The van der Waals surface area contributed by atoms with Crippen molar-refractivity contribution in [1.82, 2.24) is 0 Å². The summed E-state index contributed by atoms with van der Waals surface area (Å²) in [7, 11) is 0. The topological polar surface area (TPSA) is 104 Å². The molecular weight excluding hydrogens is 631 g/mol. The number of hydrogen-bond acceptors (Lipinski definition) is 6. The number of carbonyl (C=O) groups excluding carboxylic acids is 1. The minimum Gasteiger partial charge on any atom is -0.508 e. The van der Waals surface area contributed by atoms with E-state index in [2.05, 4.69) is 0 Å². The Kier molecular flexibility index (Phi) is 11.3. The van der Waals surface area contributed by atoms with Crippen molar-refractivity contribution in [1.29, 1.82) is 0 Å². The van der Waals surface area contributed by atoms with Crippen molar-refractivity contribution in [3.63, 3.8) is 0 Å². The Morgan fingerprint density at radius 3 is 2.07 bits per heavy atom. The summed E-state index contributed by atoms with van der Waals surface area (Å²) >= 11 is 1.37. The summed E-state index contributed by atoms with van der Waals surface area (Å²) < 4.78 is 69.6. The molecule has 0 fully saturated rings. The highest BCUT2D eigenvalue weighted by Crippen LogP contribution is 2.42. The van der Waals surface area contributed by atoms with Crippen molar-refractivity contribution in [2.75, 3.05) is 6.61 Å². The van der Waals surface area contributed by atoms with Gasteiger partial charge in [0.05, 0.1) is 12.5 Å². The van der Waals surface area contributed by atoms with Gasteiger partial charge in [0, 0.05) is 32.5 Å². The number of alkyl halides is 5. The van der Waals surface area contributed by atoms with Gasteiger partial charge in [-0.15, -0.1) is 11.3 Å². The van der Waals surface area contributed by atoms with Gasteiger partial charge >= 0.3 is 18.1 Å². The Morgan fingerprint density at radius 2 is 1.41 bits per heavy atom. The van der Waals surface area contributed by atoms with Crippen molar-refractivity contribution in [2.24, 2.45) is 5.92 Å². The molecule has 0 aliphatic carbocycles. The van der Waals surface area contributed by atoms with E-state index in [1.807, 2.05) is 0 Å². The molecule has 0 saturated carbocycles. The molecule has 3 aromatic carbocycles. The molecule has 3 N–H and O–H groups in total. The number of fused-ring (bicyclic) bond motifs is 1. The number of carbonyl (C=O) groups is 2. The molecule has 12 heteroatoms. The van der Waals surface area contributed by atoms with E-state index in [9.17, 15) is 46.9 Å². The minimum atomic E-state index is -5.64. The molecule has 1 heterocycles. The number of ether oxygens (including phenoxy) is 1. The number of halogens is 5. The second-order valence-electron chi connectivity index (χ2n) is 11.1. The molecule has 0 bridgehead atoms. The first-order valence-electron chi connectivity index (χ1n) is 14.8. The maximum Gasteiger partial charge on any atom is 0.453 e. The van der Waals surface area contributed by atoms with Gasteiger partial charge in [-0.05, 0) is 98.0 Å². The predicted octanol–water partition coefficient (Wildman–Crippen LogP) is 9.61. The largest absolute Gasteiger partial charge is 0.508 e. The summed E-state index contributed by atoms with van der Waals surface area (Å²) in [4.78, 5) is 25.8. The van der Waals surface area contributed by atoms with Gasteiger partial charge in [-0.2, -0.15) is 22.0 Å². The second-order valence-corrected chi connectivity index (χ2v) is 12.1. The molecule has 0 aliphatic heterocycles. The summed E-state index contributed by atoms with van der Waals surface area (Å²) in [5, 5.41) is 29.7. The zero-order chi connectivity index (χ0) is 33.5. The van der Waals surface area contributed by atoms with Crippen LogP contribution in [0, 0.1) is 5.92 Å². The number of unbranched alkanes of at least 4 members (excludes halogenated alkanes) is 3. The van der Waals surface area contributed by atoms with Gasteiger partial charge in [-0.3, -0.25) is 9.59 Å². The molecule has 0 aliphatic rings. The molecule has 0 amide bonds. The standard InChI is InChI=1S/C34H33F5O6S/c35-33(36,34(37,38)39)18-5-7-23(32(43)44)6-3-1-2-4-19-45-26-15-10-21(11-16-26)30(42)29-27-17-14-25(41)20-28(27)46-31(29)22-8-12-24(40)13-9-22/h8-17,20,23,40-41H,1-7,18-19H2,(H,43,44). The Hall–Kier alpha value is -4.19. The first kappa shape index (κ1) is 34.7. The number of carboxylic acid groups (broad SMARTS) is 1. The third kappa shape index (κ3) is 8.74. The van der Waals surface area contributed by atoms with E-state index < -0.39 is 36.8 Å². The fraction of sp³-hybridized carbons (Fsp3) is 0.353. The number of phenolic OH excluding ortho intramolecular Hbond substituents is 2. The van der Waals surface area contributed by atoms with Crippen molar-refractivity contribution >= 4 is 33.2 Å². The van der Waals surface area contributed by atoms with Crippen LogP contribution < -0.4 is 4.74 Å². The van der Waals surface area contributed by atoms with Crippen LogP contribution in [0.5, 0.6) is 17.2 Å². The number of aliphatic carboxylic acids is 1. The molecule has 1 unspecified atom stereocenters. The van der Waals surface area contributed by atoms with E-state index >= 15 is 0 Å². The third-order valence-corrected chi connectivity index (χ3v) is 8.87. The number of hydrogen-bond donors (Lipinski definition) is 3. The van der Waals surface area contributed by atoms with Gasteiger partial charge in [-0.1, -0.05) is 19.3 Å². The van der Waals surface area contributed by atoms with E-state index in [0.29, 0.717) is 59.4 Å². The average Bonchev–Trinajstić information content (AvgIpc) is 3.37. The first-order chi connectivity index (χ1) is 21.8. The van der Waals surface area contributed by atoms with Crippen LogP contribution in [-0.4, -0.2) is 45.8 Å². The lowest BCUT2D eigenvalue weighted by Gasteiger charge is -2.20. The van der Waals surface area contributed by atoms with Gasteiger partial charge in [0.25, 0.3) is 0 Å². The van der Waals surface area contributed by atoms with Crippen LogP contribution in [-0.2, 0) is 4.79 Å². The van der Waals surface area contributed by atoms with Crippen molar-refractivity contribution in [3.8, 4) is 27.7 Å². The van der Waals surface area contributed by atoms with Crippen LogP contribution in [0.2, 0.25) is 0 Å². The number of phenols is 2. The smallest absolute Gasteiger partial charge is 0.453 e. The normalized spacial score (nSPS) is 12.7. The van der Waals surface area contributed by atoms with Gasteiger partial charge in [-0.25, -0.2) is 0 Å². The average molecular weight is 665 g/mol. The predicted molar refractivity (Wildman–Crippen MR) is 165 cm³/mol. The van der Waals surface area contributed by atoms with Gasteiger partial charge in [0.15, 0.2) is 5.78 Å². The number of aromatic hydroxyl groups is 2. The summed E-state index contributed by atoms with van der Waals surface area (Å²) in [6.07, 6.45) is -5.15. The highest BCUT2D eigenvalue weighted by atomic mass is 32.1. The third-order valence-electron chi connectivity index (χ3n) is 7.67. The number of benzene rings is 3. The zero-order valence-electron chi connectivity index (χ0n) is 24.7. The van der Waals surface area contributed by atoms with Gasteiger partial charge < -0.3 is 20.1 Å². The quantitative estimate of drug-likeness (QED) is 0.0626. The fourth-order valence-electron chi connectivity index (χ4n) is 5.11. The Balaban J connectivity index is 1.26. The Morgan fingerprint density at radius 1 is 0.783 bits per heavy atom. The lowest BCUT2D eigenvalue weighted by molar-refractivity contribution is -0.284. The van der Waals surface area contributed by atoms with E-state index in [1.54, 1.807) is 60.7 Å². The van der Waals surface area contributed by atoms with E-state index in [1.165, 1.54) is 17.4 Å². The molecule has 4 aromatic rings. The maximum absolute atomic E-state index is 13.7. The highest BCUT2D eigenvalue weighted by Gasteiger charge is 2.56. The van der Waals surface area contributed by atoms with Crippen LogP contribution in [0.3, 0.4) is 0 Å². The molecule has 1 aromatic heterocycles. The number of thiophene rings is 1. The Bertz CT molecular complexity index is 1630.